The molecule has 2 aromatic carbocycles. The number of unbranched alkanes of at least 4 members (excludes halogenated alkanes) is 1. The molecule has 1 saturated heterocycles. The minimum Gasteiger partial charge on any atom is -0.507 e. The van der Waals surface area contributed by atoms with Crippen molar-refractivity contribution >= 4 is 17.4 Å². The first-order valence-corrected chi connectivity index (χ1v) is 11.9. The number of benzene rings is 2. The van der Waals surface area contributed by atoms with Gasteiger partial charge in [-0.25, -0.2) is 4.39 Å². The van der Waals surface area contributed by atoms with E-state index in [-0.39, 0.29) is 23.4 Å². The quantitative estimate of drug-likeness (QED) is 0.221. The van der Waals surface area contributed by atoms with Gasteiger partial charge >= 0.3 is 0 Å². The van der Waals surface area contributed by atoms with Crippen LogP contribution in [0.15, 0.2) is 48.0 Å². The number of aliphatic hydroxyl groups is 1. The van der Waals surface area contributed by atoms with Crippen LogP contribution in [-0.4, -0.2) is 67.0 Å². The molecule has 188 valence electrons. The minimum absolute atomic E-state index is 0.0394. The molecule has 3 rings (SSSR count). The van der Waals surface area contributed by atoms with Gasteiger partial charge in [0.2, 0.25) is 0 Å². The van der Waals surface area contributed by atoms with E-state index in [1.165, 1.54) is 29.2 Å². The third-order valence-electron chi connectivity index (χ3n) is 5.78. The van der Waals surface area contributed by atoms with Crippen molar-refractivity contribution in [2.75, 3.05) is 40.4 Å². The highest BCUT2D eigenvalue weighted by Gasteiger charge is 2.46. The molecule has 0 aromatic heterocycles. The van der Waals surface area contributed by atoms with Crippen molar-refractivity contribution in [3.8, 4) is 11.5 Å². The molecule has 2 aromatic rings. The largest absolute Gasteiger partial charge is 0.507 e. The average molecular weight is 485 g/mol. The summed E-state index contributed by atoms with van der Waals surface area (Å²) in [5.74, 6) is -1.21. The zero-order valence-electron chi connectivity index (χ0n) is 20.7. The van der Waals surface area contributed by atoms with E-state index in [2.05, 4.69) is 6.92 Å². The van der Waals surface area contributed by atoms with E-state index in [1.54, 1.807) is 18.2 Å². The number of carbonyl (C=O) groups is 2. The van der Waals surface area contributed by atoms with Crippen molar-refractivity contribution in [1.29, 1.82) is 0 Å². The van der Waals surface area contributed by atoms with Crippen LogP contribution in [-0.2, 0) is 9.59 Å². The number of rotatable bonds is 11. The summed E-state index contributed by atoms with van der Waals surface area (Å²) in [6.45, 7) is 5.69. The topological polar surface area (TPSA) is 79.3 Å². The molecule has 0 saturated carbocycles. The number of carbonyl (C=O) groups excluding carboxylic acids is 2. The first-order valence-electron chi connectivity index (χ1n) is 11.9. The fourth-order valence-corrected chi connectivity index (χ4v) is 3.94. The second-order valence-corrected chi connectivity index (χ2v) is 8.64. The van der Waals surface area contributed by atoms with E-state index in [0.717, 1.165) is 12.8 Å². The predicted molar refractivity (Wildman–Crippen MR) is 132 cm³/mol. The summed E-state index contributed by atoms with van der Waals surface area (Å²) in [6, 6.07) is 9.62. The van der Waals surface area contributed by atoms with E-state index in [1.807, 2.05) is 25.9 Å². The van der Waals surface area contributed by atoms with E-state index in [4.69, 9.17) is 9.47 Å². The Hall–Kier alpha value is -3.39. The van der Waals surface area contributed by atoms with Crippen LogP contribution >= 0.6 is 0 Å². The minimum atomic E-state index is -0.830. The SMILES string of the molecule is CCCCOc1ccc(C2/C(=C(\O)c3ccc(F)cc3)C(=O)C(=O)N2CCN(C)C)cc1OCC. The summed E-state index contributed by atoms with van der Waals surface area (Å²) in [5, 5.41) is 11.1. The number of nitrogens with zero attached hydrogens (tertiary/aromatic N) is 2. The van der Waals surface area contributed by atoms with Crippen molar-refractivity contribution in [3.05, 3.63) is 65.0 Å². The lowest BCUT2D eigenvalue weighted by Gasteiger charge is -2.27. The lowest BCUT2D eigenvalue weighted by Crippen LogP contribution is -2.35. The first kappa shape index (κ1) is 26.2. The molecule has 1 unspecified atom stereocenters. The summed E-state index contributed by atoms with van der Waals surface area (Å²) in [6.07, 6.45) is 1.89. The molecule has 0 bridgehead atoms. The molecule has 35 heavy (non-hydrogen) atoms. The number of aliphatic hydroxyl groups excluding tert-OH is 1. The molecule has 1 fully saturated rings. The number of halogens is 1. The Morgan fingerprint density at radius 1 is 1.06 bits per heavy atom. The third kappa shape index (κ3) is 6.00. The standard InChI is InChI=1S/C27H33FN2O5/c1-5-7-16-35-21-13-10-19(17-22(21)34-6-2)24-23(25(31)18-8-11-20(28)12-9-18)26(32)27(33)30(24)15-14-29(3)4/h8-13,17,24,31H,5-7,14-16H2,1-4H3/b25-23+. The summed E-state index contributed by atoms with van der Waals surface area (Å²) >= 11 is 0. The van der Waals surface area contributed by atoms with Crippen LogP contribution in [0.1, 0.15) is 43.9 Å². The molecular formula is C27H33FN2O5. The van der Waals surface area contributed by atoms with Gasteiger partial charge in [-0.2, -0.15) is 0 Å². The second kappa shape index (κ2) is 11.8. The van der Waals surface area contributed by atoms with Gasteiger partial charge in [-0.05, 0) is 69.4 Å². The molecule has 0 radical (unpaired) electrons. The number of amides is 1. The number of Topliss-reactive ketones (excluding diaryl/α,β-unsaturated/α-hetero) is 1. The molecule has 1 amide bonds. The highest BCUT2D eigenvalue weighted by atomic mass is 19.1. The molecule has 1 atom stereocenters. The summed E-state index contributed by atoms with van der Waals surface area (Å²) < 4.78 is 25.1. The molecule has 0 spiro atoms. The van der Waals surface area contributed by atoms with Crippen LogP contribution in [0.25, 0.3) is 5.76 Å². The average Bonchev–Trinajstić information content (AvgIpc) is 3.08. The van der Waals surface area contributed by atoms with Gasteiger partial charge in [-0.1, -0.05) is 19.4 Å². The predicted octanol–water partition coefficient (Wildman–Crippen LogP) is 4.39. The second-order valence-electron chi connectivity index (χ2n) is 8.64. The molecule has 0 aliphatic carbocycles. The van der Waals surface area contributed by atoms with Gasteiger partial charge in [0.15, 0.2) is 11.5 Å². The number of ketones is 1. The first-order chi connectivity index (χ1) is 16.8. The maximum absolute atomic E-state index is 13.5. The molecule has 1 aliphatic heterocycles. The van der Waals surface area contributed by atoms with Gasteiger partial charge in [0.1, 0.15) is 11.6 Å². The Kier molecular flexibility index (Phi) is 8.87. The Morgan fingerprint density at radius 2 is 1.77 bits per heavy atom. The molecule has 7 nitrogen and oxygen atoms in total. The van der Waals surface area contributed by atoms with Crippen molar-refractivity contribution in [3.63, 3.8) is 0 Å². The van der Waals surface area contributed by atoms with Gasteiger partial charge in [-0.15, -0.1) is 0 Å². The third-order valence-corrected chi connectivity index (χ3v) is 5.78. The lowest BCUT2D eigenvalue weighted by atomic mass is 9.95. The van der Waals surface area contributed by atoms with Crippen LogP contribution in [0.3, 0.4) is 0 Å². The van der Waals surface area contributed by atoms with Crippen LogP contribution in [0.2, 0.25) is 0 Å². The molecule has 8 heteroatoms. The fourth-order valence-electron chi connectivity index (χ4n) is 3.94. The summed E-state index contributed by atoms with van der Waals surface area (Å²) in [4.78, 5) is 29.5. The zero-order chi connectivity index (χ0) is 25.5. The molecule has 1 aliphatic rings. The number of hydrogen-bond acceptors (Lipinski definition) is 6. The maximum Gasteiger partial charge on any atom is 0.295 e. The smallest absolute Gasteiger partial charge is 0.295 e. The molecule has 1 N–H and O–H groups in total. The van der Waals surface area contributed by atoms with E-state index < -0.39 is 23.5 Å². The van der Waals surface area contributed by atoms with Crippen LogP contribution < -0.4 is 9.47 Å². The van der Waals surface area contributed by atoms with Crippen molar-refractivity contribution in [1.82, 2.24) is 9.80 Å². The number of likely N-dealkylation sites (N-methyl/N-ethyl adjacent to an activating group) is 1. The van der Waals surface area contributed by atoms with Gasteiger partial charge in [0.25, 0.3) is 11.7 Å². The van der Waals surface area contributed by atoms with Gasteiger partial charge < -0.3 is 24.4 Å². The highest BCUT2D eigenvalue weighted by molar-refractivity contribution is 6.46. The molecule has 1 heterocycles. The van der Waals surface area contributed by atoms with Crippen LogP contribution in [0, 0.1) is 5.82 Å². The van der Waals surface area contributed by atoms with Crippen LogP contribution in [0.5, 0.6) is 11.5 Å². The normalized spacial score (nSPS) is 17.3. The number of ether oxygens (including phenoxy) is 2. The van der Waals surface area contributed by atoms with Crippen LogP contribution in [0.4, 0.5) is 4.39 Å². The number of likely N-dealkylation sites (tertiary alicyclic amines) is 1. The molecular weight excluding hydrogens is 451 g/mol. The van der Waals surface area contributed by atoms with E-state index in [0.29, 0.717) is 36.8 Å². The number of hydrogen-bond donors (Lipinski definition) is 1. The van der Waals surface area contributed by atoms with Gasteiger partial charge in [0.05, 0.1) is 24.8 Å². The fraction of sp³-hybridized carbons (Fsp3) is 0.407. The summed E-state index contributed by atoms with van der Waals surface area (Å²) in [5.41, 5.74) is 0.826. The Labute approximate surface area is 205 Å². The van der Waals surface area contributed by atoms with Gasteiger partial charge in [0, 0.05) is 18.7 Å². The van der Waals surface area contributed by atoms with Crippen molar-refractivity contribution in [2.45, 2.75) is 32.7 Å². The Morgan fingerprint density at radius 3 is 2.40 bits per heavy atom. The maximum atomic E-state index is 13.5. The van der Waals surface area contributed by atoms with E-state index >= 15 is 0 Å². The van der Waals surface area contributed by atoms with Crippen molar-refractivity contribution in [2.24, 2.45) is 0 Å². The van der Waals surface area contributed by atoms with Gasteiger partial charge in [-0.3, -0.25) is 9.59 Å². The summed E-state index contributed by atoms with van der Waals surface area (Å²) in [7, 11) is 3.75. The Bertz CT molecular complexity index is 1080. The highest BCUT2D eigenvalue weighted by Crippen LogP contribution is 2.42. The monoisotopic (exact) mass is 484 g/mol. The zero-order valence-corrected chi connectivity index (χ0v) is 20.7. The van der Waals surface area contributed by atoms with Crippen molar-refractivity contribution < 1.29 is 28.6 Å². The Balaban J connectivity index is 2.12. The van der Waals surface area contributed by atoms with E-state index in [9.17, 15) is 19.1 Å². The lowest BCUT2D eigenvalue weighted by molar-refractivity contribution is -0.140.